The van der Waals surface area contributed by atoms with Gasteiger partial charge in [0.2, 0.25) is 0 Å². The van der Waals surface area contributed by atoms with Crippen LogP contribution in [0.5, 0.6) is 5.75 Å². The number of nitrogen functional groups attached to an aromatic ring is 1. The number of aromatic nitrogens is 1. The first-order valence-corrected chi connectivity index (χ1v) is 5.74. The predicted octanol–water partition coefficient (Wildman–Crippen LogP) is 2.58. The maximum absolute atomic E-state index is 5.64. The lowest BCUT2D eigenvalue weighted by Crippen LogP contribution is -2.12. The highest BCUT2D eigenvalue weighted by Crippen LogP contribution is 2.34. The van der Waals surface area contributed by atoms with Gasteiger partial charge in [0, 0.05) is 6.54 Å². The van der Waals surface area contributed by atoms with Gasteiger partial charge >= 0.3 is 0 Å². The van der Waals surface area contributed by atoms with Crippen LogP contribution in [0.2, 0.25) is 0 Å². The zero-order valence-electron chi connectivity index (χ0n) is 9.76. The Hall–Kier alpha value is -0.970. The summed E-state index contributed by atoms with van der Waals surface area (Å²) in [5.41, 5.74) is 5.97. The largest absolute Gasteiger partial charge is 0.490 e. The van der Waals surface area contributed by atoms with E-state index in [1.54, 1.807) is 7.11 Å². The summed E-state index contributed by atoms with van der Waals surface area (Å²) < 4.78 is 9.19. The Morgan fingerprint density at radius 1 is 1.47 bits per heavy atom. The van der Waals surface area contributed by atoms with Crippen LogP contribution in [-0.4, -0.2) is 18.0 Å². The van der Waals surface area contributed by atoms with Gasteiger partial charge in [0.1, 0.15) is 0 Å². The van der Waals surface area contributed by atoms with Gasteiger partial charge in [0.05, 0.1) is 7.11 Å². The van der Waals surface area contributed by atoms with E-state index in [9.17, 15) is 0 Å². The number of methoxy groups -OCH3 is 1. The lowest BCUT2D eigenvalue weighted by molar-refractivity contribution is 0.388. The van der Waals surface area contributed by atoms with Gasteiger partial charge < -0.3 is 15.8 Å². The molecule has 3 N–H and O–H groups in total. The van der Waals surface area contributed by atoms with Crippen LogP contribution >= 0.6 is 11.5 Å². The molecule has 0 unspecified atom stereocenters. The van der Waals surface area contributed by atoms with Crippen molar-refractivity contribution in [3.63, 3.8) is 0 Å². The van der Waals surface area contributed by atoms with Crippen LogP contribution in [0.1, 0.15) is 27.2 Å². The quantitative estimate of drug-likeness (QED) is 0.833. The molecule has 0 aliphatic rings. The number of nitrogens with one attached hydrogen (secondary N) is 1. The van der Waals surface area contributed by atoms with Crippen molar-refractivity contribution in [3.8, 4) is 5.75 Å². The summed E-state index contributed by atoms with van der Waals surface area (Å²) in [6, 6.07) is 0. The average molecular weight is 229 g/mol. The van der Waals surface area contributed by atoms with E-state index in [0.29, 0.717) is 17.0 Å². The molecule has 86 valence electrons. The molecule has 0 radical (unpaired) electrons. The van der Waals surface area contributed by atoms with Crippen molar-refractivity contribution in [2.24, 2.45) is 5.41 Å². The van der Waals surface area contributed by atoms with Crippen molar-refractivity contribution in [3.05, 3.63) is 0 Å². The Labute approximate surface area is 95.0 Å². The van der Waals surface area contributed by atoms with E-state index < -0.39 is 0 Å². The van der Waals surface area contributed by atoms with Crippen LogP contribution in [-0.2, 0) is 0 Å². The summed E-state index contributed by atoms with van der Waals surface area (Å²) in [7, 11) is 1.61. The molecule has 0 saturated carbocycles. The summed E-state index contributed by atoms with van der Waals surface area (Å²) in [4.78, 5) is 0. The lowest BCUT2D eigenvalue weighted by atomic mass is 9.92. The summed E-state index contributed by atoms with van der Waals surface area (Å²) in [5.74, 6) is 1.12. The summed E-state index contributed by atoms with van der Waals surface area (Å²) in [6.45, 7) is 7.55. The summed E-state index contributed by atoms with van der Waals surface area (Å²) >= 11 is 1.34. The van der Waals surface area contributed by atoms with E-state index >= 15 is 0 Å². The Balaban J connectivity index is 2.51. The molecule has 4 nitrogen and oxygen atoms in total. The van der Waals surface area contributed by atoms with Gasteiger partial charge in [0.15, 0.2) is 16.6 Å². The highest BCUT2D eigenvalue weighted by atomic mass is 32.1. The van der Waals surface area contributed by atoms with Crippen molar-refractivity contribution in [1.29, 1.82) is 0 Å². The summed E-state index contributed by atoms with van der Waals surface area (Å²) in [5, 5.41) is 4.21. The fourth-order valence-corrected chi connectivity index (χ4v) is 1.86. The molecule has 0 atom stereocenters. The van der Waals surface area contributed by atoms with Crippen LogP contribution in [0.3, 0.4) is 0 Å². The molecule has 1 rings (SSSR count). The van der Waals surface area contributed by atoms with E-state index in [1.807, 2.05) is 0 Å². The maximum Gasteiger partial charge on any atom is 0.197 e. The Kier molecular flexibility index (Phi) is 3.79. The Morgan fingerprint density at radius 2 is 2.13 bits per heavy atom. The smallest absolute Gasteiger partial charge is 0.197 e. The highest BCUT2D eigenvalue weighted by Gasteiger charge is 2.13. The molecule has 0 spiro atoms. The molecule has 0 amide bonds. The minimum atomic E-state index is 0.330. The van der Waals surface area contributed by atoms with Crippen LogP contribution in [0, 0.1) is 5.41 Å². The number of rotatable bonds is 4. The van der Waals surface area contributed by atoms with Crippen molar-refractivity contribution < 1.29 is 4.74 Å². The molecule has 0 aliphatic heterocycles. The first-order chi connectivity index (χ1) is 6.94. The van der Waals surface area contributed by atoms with Gasteiger partial charge in [-0.05, 0) is 23.4 Å². The Bertz CT molecular complexity index is 317. The molecular formula is C10H19N3OS. The first kappa shape index (κ1) is 12.1. The van der Waals surface area contributed by atoms with Gasteiger partial charge in [-0.2, -0.15) is 4.37 Å². The van der Waals surface area contributed by atoms with Crippen molar-refractivity contribution in [1.82, 2.24) is 4.37 Å². The van der Waals surface area contributed by atoms with Crippen LogP contribution in [0.4, 0.5) is 10.8 Å². The molecular weight excluding hydrogens is 210 g/mol. The average Bonchev–Trinajstić information content (AvgIpc) is 2.44. The second-order valence-electron chi connectivity index (χ2n) is 4.67. The zero-order valence-corrected chi connectivity index (χ0v) is 10.6. The molecule has 0 fully saturated rings. The zero-order chi connectivity index (χ0) is 11.5. The first-order valence-electron chi connectivity index (χ1n) is 4.97. The fourth-order valence-electron chi connectivity index (χ4n) is 1.15. The number of anilines is 2. The van der Waals surface area contributed by atoms with E-state index in [4.69, 9.17) is 10.5 Å². The van der Waals surface area contributed by atoms with Crippen LogP contribution in [0.25, 0.3) is 0 Å². The van der Waals surface area contributed by atoms with Gasteiger partial charge in [-0.15, -0.1) is 0 Å². The number of nitrogens with zero attached hydrogens (tertiary/aromatic N) is 1. The van der Waals surface area contributed by atoms with Crippen LogP contribution < -0.4 is 15.8 Å². The topological polar surface area (TPSA) is 60.2 Å². The number of hydrogen-bond donors (Lipinski definition) is 2. The molecule has 5 heteroatoms. The Morgan fingerprint density at radius 3 is 2.67 bits per heavy atom. The molecule has 15 heavy (non-hydrogen) atoms. The molecule has 0 saturated heterocycles. The SMILES string of the molecule is COc1c(N)nsc1NCCC(C)(C)C. The molecule has 0 aromatic carbocycles. The maximum atomic E-state index is 5.64. The van der Waals surface area contributed by atoms with Gasteiger partial charge in [-0.1, -0.05) is 20.8 Å². The van der Waals surface area contributed by atoms with Gasteiger partial charge in [0.25, 0.3) is 0 Å². The lowest BCUT2D eigenvalue weighted by Gasteiger charge is -2.18. The normalized spacial score (nSPS) is 11.5. The molecule has 1 heterocycles. The number of nitrogens with two attached hydrogens (primary N) is 1. The van der Waals surface area contributed by atoms with E-state index in [0.717, 1.165) is 18.0 Å². The molecule has 1 aromatic rings. The molecule has 0 bridgehead atoms. The van der Waals surface area contributed by atoms with E-state index in [-0.39, 0.29) is 0 Å². The molecule has 1 aromatic heterocycles. The third-order valence-corrected chi connectivity index (χ3v) is 2.84. The van der Waals surface area contributed by atoms with E-state index in [2.05, 4.69) is 30.5 Å². The minimum absolute atomic E-state index is 0.330. The molecule has 0 aliphatic carbocycles. The van der Waals surface area contributed by atoms with Crippen molar-refractivity contribution in [2.45, 2.75) is 27.2 Å². The van der Waals surface area contributed by atoms with Crippen LogP contribution in [0.15, 0.2) is 0 Å². The fraction of sp³-hybridized carbons (Fsp3) is 0.700. The third kappa shape index (κ3) is 3.58. The number of ether oxygens (including phenoxy) is 1. The number of hydrogen-bond acceptors (Lipinski definition) is 5. The standard InChI is InChI=1S/C10H19N3OS/c1-10(2,3)5-6-12-9-7(14-4)8(11)13-15-9/h12H,5-6H2,1-4H3,(H2,11,13). The minimum Gasteiger partial charge on any atom is -0.490 e. The van der Waals surface area contributed by atoms with Crippen molar-refractivity contribution in [2.75, 3.05) is 24.7 Å². The predicted molar refractivity (Wildman–Crippen MR) is 65.6 cm³/mol. The van der Waals surface area contributed by atoms with Gasteiger partial charge in [-0.3, -0.25) is 0 Å². The second kappa shape index (κ2) is 4.70. The van der Waals surface area contributed by atoms with Gasteiger partial charge in [-0.25, -0.2) is 0 Å². The van der Waals surface area contributed by atoms with Crippen molar-refractivity contribution >= 4 is 22.4 Å². The van der Waals surface area contributed by atoms with E-state index in [1.165, 1.54) is 11.5 Å². The monoisotopic (exact) mass is 229 g/mol. The third-order valence-electron chi connectivity index (χ3n) is 2.04. The summed E-state index contributed by atoms with van der Waals surface area (Å²) in [6.07, 6.45) is 1.09. The second-order valence-corrected chi connectivity index (χ2v) is 5.44. The highest BCUT2D eigenvalue weighted by molar-refractivity contribution is 7.11.